The van der Waals surface area contributed by atoms with Gasteiger partial charge in [-0.15, -0.1) is 11.3 Å². The van der Waals surface area contributed by atoms with Gasteiger partial charge in [0.25, 0.3) is 0 Å². The summed E-state index contributed by atoms with van der Waals surface area (Å²) in [6.07, 6.45) is 0.730. The Morgan fingerprint density at radius 1 is 1.42 bits per heavy atom. The third-order valence-corrected chi connectivity index (χ3v) is 5.47. The van der Waals surface area contributed by atoms with Crippen LogP contribution >= 0.6 is 22.9 Å². The first-order chi connectivity index (χ1) is 12.2. The first-order valence-corrected chi connectivity index (χ1v) is 9.24. The highest BCUT2D eigenvalue weighted by Gasteiger charge is 2.46. The summed E-state index contributed by atoms with van der Waals surface area (Å²) < 4.78 is 32.6. The number of Topliss-reactive ketones (excluding diaryl/α,β-unsaturated/α-hetero) is 1. The molecule has 1 heterocycles. The van der Waals surface area contributed by atoms with Gasteiger partial charge in [-0.3, -0.25) is 4.79 Å². The number of halogens is 3. The van der Waals surface area contributed by atoms with E-state index in [1.54, 1.807) is 0 Å². The highest BCUT2D eigenvalue weighted by Crippen LogP contribution is 2.39. The number of ether oxygens (including phenoxy) is 1. The summed E-state index contributed by atoms with van der Waals surface area (Å²) >= 11 is 6.32. The molecule has 138 valence electrons. The van der Waals surface area contributed by atoms with E-state index in [1.807, 2.05) is 32.0 Å². The van der Waals surface area contributed by atoms with E-state index in [0.717, 1.165) is 39.8 Å². The molecule has 0 aliphatic heterocycles. The highest BCUT2D eigenvalue weighted by atomic mass is 35.5. The molecule has 2 unspecified atom stereocenters. The van der Waals surface area contributed by atoms with Crippen LogP contribution in [-0.2, 0) is 26.7 Å². The number of carbonyl (C=O) groups is 2. The van der Waals surface area contributed by atoms with Crippen LogP contribution in [0.3, 0.4) is 0 Å². The highest BCUT2D eigenvalue weighted by molar-refractivity contribution is 7.14. The molecule has 1 aromatic carbocycles. The second-order valence-corrected chi connectivity index (χ2v) is 7.90. The normalized spacial score (nSPS) is 19.3. The Morgan fingerprint density at radius 3 is 2.81 bits per heavy atom. The van der Waals surface area contributed by atoms with Crippen LogP contribution in [0.4, 0.5) is 8.78 Å². The predicted molar refractivity (Wildman–Crippen MR) is 93.8 cm³/mol. The van der Waals surface area contributed by atoms with Gasteiger partial charge in [0.1, 0.15) is 5.69 Å². The minimum atomic E-state index is -3.94. The Bertz CT molecular complexity index is 868. The van der Waals surface area contributed by atoms with Gasteiger partial charge in [-0.1, -0.05) is 42.3 Å². The van der Waals surface area contributed by atoms with E-state index in [-0.39, 0.29) is 16.2 Å². The van der Waals surface area contributed by atoms with Gasteiger partial charge in [0.15, 0.2) is 16.9 Å². The van der Waals surface area contributed by atoms with Gasteiger partial charge in [0, 0.05) is 11.3 Å². The van der Waals surface area contributed by atoms with Gasteiger partial charge in [-0.25, -0.2) is 9.78 Å². The lowest BCUT2D eigenvalue weighted by Gasteiger charge is -2.17. The van der Waals surface area contributed by atoms with Gasteiger partial charge in [0.05, 0.1) is 0 Å². The van der Waals surface area contributed by atoms with Gasteiger partial charge in [-0.05, 0) is 30.4 Å². The van der Waals surface area contributed by atoms with Crippen molar-refractivity contribution in [1.82, 2.24) is 4.98 Å². The predicted octanol–water partition coefficient (Wildman–Crippen LogP) is 4.29. The summed E-state index contributed by atoms with van der Waals surface area (Å²) in [6, 6.07) is 5.87. The molecular formula is C18H16ClF2NO3S. The van der Waals surface area contributed by atoms with Crippen LogP contribution in [-0.4, -0.2) is 23.3 Å². The number of esters is 1. The zero-order chi connectivity index (χ0) is 19.1. The van der Waals surface area contributed by atoms with Gasteiger partial charge < -0.3 is 4.74 Å². The lowest BCUT2D eigenvalue weighted by molar-refractivity contribution is -0.175. The average Bonchev–Trinajstić information content (AvgIpc) is 3.15. The molecule has 4 nitrogen and oxygen atoms in total. The second kappa shape index (κ2) is 7.04. The first kappa shape index (κ1) is 18.9. The van der Waals surface area contributed by atoms with Crippen LogP contribution in [0.25, 0.3) is 0 Å². The minimum absolute atomic E-state index is 0.0239. The fourth-order valence-electron chi connectivity index (χ4n) is 3.27. The summed E-state index contributed by atoms with van der Waals surface area (Å²) in [5.41, 5.74) is 2.19. The quantitative estimate of drug-likeness (QED) is 0.704. The molecule has 1 aliphatic carbocycles. The Balaban J connectivity index is 1.69. The number of thiazole rings is 1. The van der Waals surface area contributed by atoms with Gasteiger partial charge >= 0.3 is 11.9 Å². The molecule has 0 saturated heterocycles. The molecule has 2 aromatic rings. The maximum Gasteiger partial charge on any atom is 0.385 e. The van der Waals surface area contributed by atoms with Crippen molar-refractivity contribution in [3.05, 3.63) is 50.4 Å². The van der Waals surface area contributed by atoms with E-state index in [4.69, 9.17) is 11.6 Å². The summed E-state index contributed by atoms with van der Waals surface area (Å²) in [5, 5.41) is 0.990. The van der Waals surface area contributed by atoms with Crippen molar-refractivity contribution in [2.45, 2.75) is 32.1 Å². The molecule has 0 N–H and O–H groups in total. The van der Waals surface area contributed by atoms with E-state index in [1.165, 1.54) is 0 Å². The molecule has 26 heavy (non-hydrogen) atoms. The molecular weight excluding hydrogens is 384 g/mol. The molecule has 0 amide bonds. The van der Waals surface area contributed by atoms with Crippen molar-refractivity contribution in [1.29, 1.82) is 0 Å². The van der Waals surface area contributed by atoms with Crippen LogP contribution in [0.2, 0.25) is 4.47 Å². The number of fused-ring (bicyclic) bond motifs is 1. The molecule has 0 radical (unpaired) electrons. The molecule has 0 spiro atoms. The molecule has 0 bridgehead atoms. The fraction of sp³-hybridized carbons (Fsp3) is 0.389. The number of rotatable bonds is 5. The smallest absolute Gasteiger partial charge is 0.385 e. The van der Waals surface area contributed by atoms with Gasteiger partial charge in [0.2, 0.25) is 0 Å². The van der Waals surface area contributed by atoms with Crippen molar-refractivity contribution in [3.8, 4) is 0 Å². The van der Waals surface area contributed by atoms with Crippen molar-refractivity contribution >= 4 is 34.7 Å². The maximum absolute atomic E-state index is 14.1. The number of hydrogen-bond acceptors (Lipinski definition) is 5. The number of ketones is 1. The second-order valence-electron chi connectivity index (χ2n) is 6.46. The van der Waals surface area contributed by atoms with Gasteiger partial charge in [-0.2, -0.15) is 8.78 Å². The molecule has 2 atom stereocenters. The number of carbonyl (C=O) groups excluding carboxylic acids is 2. The summed E-state index contributed by atoms with van der Waals surface area (Å²) in [7, 11) is 0. The summed E-state index contributed by atoms with van der Waals surface area (Å²) in [4.78, 5) is 27.7. The number of alkyl halides is 2. The van der Waals surface area contributed by atoms with E-state index < -0.39 is 30.1 Å². The standard InChI is InChI=1S/C18H16ClF2NO3S/c1-9-3-4-11-6-10(2)15(12(11)5-9)13(23)7-25-16(24)18(20,21)14-8-26-17(19)22-14/h3-5,8,10,15H,6-7H2,1-2H3. The fourth-order valence-corrected chi connectivity index (χ4v) is 4.05. The average molecular weight is 400 g/mol. The molecule has 1 aromatic heterocycles. The lowest BCUT2D eigenvalue weighted by atomic mass is 9.89. The lowest BCUT2D eigenvalue weighted by Crippen LogP contribution is -2.32. The van der Waals surface area contributed by atoms with Crippen LogP contribution < -0.4 is 0 Å². The van der Waals surface area contributed by atoms with Crippen molar-refractivity contribution in [3.63, 3.8) is 0 Å². The Morgan fingerprint density at radius 2 is 2.15 bits per heavy atom. The van der Waals surface area contributed by atoms with E-state index in [9.17, 15) is 18.4 Å². The number of hydrogen-bond donors (Lipinski definition) is 0. The molecule has 0 fully saturated rings. The summed E-state index contributed by atoms with van der Waals surface area (Å²) in [5.74, 6) is -6.57. The Hall–Kier alpha value is -1.86. The van der Waals surface area contributed by atoms with Crippen molar-refractivity contribution in [2.24, 2.45) is 5.92 Å². The number of aromatic nitrogens is 1. The Labute approximate surface area is 158 Å². The molecule has 1 aliphatic rings. The SMILES string of the molecule is Cc1ccc2c(c1)C(C(=O)COC(=O)C(F)(F)c1csc(Cl)n1)C(C)C2. The van der Waals surface area contributed by atoms with Crippen LogP contribution in [0.5, 0.6) is 0 Å². The van der Waals surface area contributed by atoms with Crippen LogP contribution in [0.15, 0.2) is 23.6 Å². The first-order valence-electron chi connectivity index (χ1n) is 7.99. The van der Waals surface area contributed by atoms with E-state index in [0.29, 0.717) is 0 Å². The zero-order valence-corrected chi connectivity index (χ0v) is 15.7. The topological polar surface area (TPSA) is 56.3 Å². The zero-order valence-electron chi connectivity index (χ0n) is 14.1. The van der Waals surface area contributed by atoms with Crippen molar-refractivity contribution in [2.75, 3.05) is 6.61 Å². The maximum atomic E-state index is 14.1. The summed E-state index contributed by atoms with van der Waals surface area (Å²) in [6.45, 7) is 3.14. The Kier molecular flexibility index (Phi) is 5.12. The number of nitrogens with zero attached hydrogens (tertiary/aromatic N) is 1. The largest absolute Gasteiger partial charge is 0.453 e. The van der Waals surface area contributed by atoms with E-state index >= 15 is 0 Å². The monoisotopic (exact) mass is 399 g/mol. The third kappa shape index (κ3) is 3.50. The molecule has 0 saturated carbocycles. The van der Waals surface area contributed by atoms with Crippen molar-refractivity contribution < 1.29 is 23.1 Å². The molecule has 3 rings (SSSR count). The number of benzene rings is 1. The van der Waals surface area contributed by atoms with Crippen LogP contribution in [0.1, 0.15) is 35.2 Å². The molecule has 8 heteroatoms. The third-order valence-electron chi connectivity index (χ3n) is 4.49. The minimum Gasteiger partial charge on any atom is -0.453 e. The van der Waals surface area contributed by atoms with Crippen LogP contribution in [0, 0.1) is 12.8 Å². The number of aryl methyl sites for hydroxylation is 1. The van der Waals surface area contributed by atoms with E-state index in [2.05, 4.69) is 9.72 Å².